The summed E-state index contributed by atoms with van der Waals surface area (Å²) in [4.78, 5) is 7.68. The van der Waals surface area contributed by atoms with Gasteiger partial charge in [-0.15, -0.1) is 0 Å². The predicted molar refractivity (Wildman–Crippen MR) is 59.6 cm³/mol. The number of rotatable bonds is 2. The number of benzene rings is 1. The quantitative estimate of drug-likeness (QED) is 0.618. The number of ether oxygens (including phenoxy) is 1. The van der Waals surface area contributed by atoms with Crippen LogP contribution in [0.2, 0.25) is 5.02 Å². The zero-order valence-electron chi connectivity index (χ0n) is 8.09. The Balaban J connectivity index is 2.27. The van der Waals surface area contributed by atoms with Crippen molar-refractivity contribution >= 4 is 17.3 Å². The highest BCUT2D eigenvalue weighted by Gasteiger charge is 2.07. The molecule has 0 aliphatic heterocycles. The molecule has 1 aromatic heterocycles. The monoisotopic (exact) mass is 237 g/mol. The van der Waals surface area contributed by atoms with Crippen LogP contribution in [-0.2, 0) is 0 Å². The molecule has 0 saturated heterocycles. The van der Waals surface area contributed by atoms with Gasteiger partial charge in [0.2, 0.25) is 0 Å². The molecular formula is C10H8ClN3O2. The summed E-state index contributed by atoms with van der Waals surface area (Å²) >= 11 is 5.63. The van der Waals surface area contributed by atoms with Crippen LogP contribution in [-0.4, -0.2) is 15.1 Å². The van der Waals surface area contributed by atoms with E-state index in [0.717, 1.165) is 0 Å². The first kappa shape index (κ1) is 10.5. The maximum Gasteiger partial charge on any atom is 0.322 e. The Kier molecular flexibility index (Phi) is 2.78. The van der Waals surface area contributed by atoms with Gasteiger partial charge in [-0.3, -0.25) is 0 Å². The minimum Gasteiger partial charge on any atom is -0.506 e. The van der Waals surface area contributed by atoms with Gasteiger partial charge >= 0.3 is 6.01 Å². The molecule has 3 N–H and O–H groups in total. The van der Waals surface area contributed by atoms with Crippen molar-refractivity contribution < 1.29 is 9.84 Å². The van der Waals surface area contributed by atoms with Crippen molar-refractivity contribution in [3.05, 3.63) is 35.6 Å². The second kappa shape index (κ2) is 4.24. The fraction of sp³-hybridized carbons (Fsp3) is 0. The summed E-state index contributed by atoms with van der Waals surface area (Å²) in [6.45, 7) is 0. The topological polar surface area (TPSA) is 81.3 Å². The van der Waals surface area contributed by atoms with Gasteiger partial charge in [0.15, 0.2) is 5.75 Å². The first-order chi connectivity index (χ1) is 7.66. The van der Waals surface area contributed by atoms with Gasteiger partial charge in [0.1, 0.15) is 11.4 Å². The van der Waals surface area contributed by atoms with E-state index in [2.05, 4.69) is 9.97 Å². The number of nitrogen functional groups attached to an aromatic ring is 1. The average Bonchev–Trinajstić information content (AvgIpc) is 2.28. The lowest BCUT2D eigenvalue weighted by Crippen LogP contribution is -1.95. The van der Waals surface area contributed by atoms with Gasteiger partial charge < -0.3 is 15.6 Å². The van der Waals surface area contributed by atoms with Crippen molar-refractivity contribution in [1.82, 2.24) is 9.97 Å². The SMILES string of the molecule is Nc1c(O)cccc1Oc1ncc(Cl)cn1. The number of phenols is 1. The zero-order valence-corrected chi connectivity index (χ0v) is 8.85. The van der Waals surface area contributed by atoms with E-state index < -0.39 is 0 Å². The molecule has 16 heavy (non-hydrogen) atoms. The Morgan fingerprint density at radius 2 is 1.94 bits per heavy atom. The molecule has 2 rings (SSSR count). The number of para-hydroxylation sites is 1. The zero-order chi connectivity index (χ0) is 11.5. The molecular weight excluding hydrogens is 230 g/mol. The molecule has 0 saturated carbocycles. The molecule has 0 bridgehead atoms. The molecule has 0 unspecified atom stereocenters. The number of halogens is 1. The molecule has 0 radical (unpaired) electrons. The number of aromatic nitrogens is 2. The second-order valence-electron chi connectivity index (χ2n) is 2.97. The second-order valence-corrected chi connectivity index (χ2v) is 3.41. The molecule has 0 aliphatic rings. The summed E-state index contributed by atoms with van der Waals surface area (Å²) in [5, 5.41) is 9.77. The third-order valence-corrected chi connectivity index (χ3v) is 2.04. The number of phenolic OH excluding ortho intramolecular Hbond substituents is 1. The van der Waals surface area contributed by atoms with Crippen LogP contribution in [0.4, 0.5) is 5.69 Å². The van der Waals surface area contributed by atoms with Gasteiger partial charge in [-0.25, -0.2) is 9.97 Å². The predicted octanol–water partition coefficient (Wildman–Crippen LogP) is 2.21. The number of nitrogens with two attached hydrogens (primary N) is 1. The number of aromatic hydroxyl groups is 1. The molecule has 5 nitrogen and oxygen atoms in total. The van der Waals surface area contributed by atoms with Crippen LogP contribution in [0.3, 0.4) is 0 Å². The van der Waals surface area contributed by atoms with Crippen molar-refractivity contribution in [3.63, 3.8) is 0 Å². The van der Waals surface area contributed by atoms with Crippen LogP contribution in [0.1, 0.15) is 0 Å². The largest absolute Gasteiger partial charge is 0.506 e. The van der Waals surface area contributed by atoms with Crippen molar-refractivity contribution in [2.75, 3.05) is 5.73 Å². The third-order valence-electron chi connectivity index (χ3n) is 1.84. The van der Waals surface area contributed by atoms with Gasteiger partial charge in [-0.2, -0.15) is 0 Å². The Morgan fingerprint density at radius 1 is 1.25 bits per heavy atom. The Bertz CT molecular complexity index is 502. The molecule has 2 aromatic rings. The van der Waals surface area contributed by atoms with E-state index in [0.29, 0.717) is 10.8 Å². The first-order valence-corrected chi connectivity index (χ1v) is 4.77. The summed E-state index contributed by atoms with van der Waals surface area (Å²) < 4.78 is 5.28. The molecule has 0 amide bonds. The fourth-order valence-corrected chi connectivity index (χ4v) is 1.17. The molecule has 1 aromatic carbocycles. The van der Waals surface area contributed by atoms with Crippen LogP contribution in [0.15, 0.2) is 30.6 Å². The van der Waals surface area contributed by atoms with Crippen LogP contribution >= 0.6 is 11.6 Å². The minimum atomic E-state index is -0.0496. The highest BCUT2D eigenvalue weighted by molar-refractivity contribution is 6.30. The van der Waals surface area contributed by atoms with E-state index in [4.69, 9.17) is 22.1 Å². The van der Waals surface area contributed by atoms with Gasteiger partial charge in [0.05, 0.1) is 17.4 Å². The highest BCUT2D eigenvalue weighted by atomic mass is 35.5. The van der Waals surface area contributed by atoms with Gasteiger partial charge in [0.25, 0.3) is 0 Å². The van der Waals surface area contributed by atoms with Crippen LogP contribution in [0.5, 0.6) is 17.5 Å². The van der Waals surface area contributed by atoms with Crippen molar-refractivity contribution in [3.8, 4) is 17.5 Å². The maximum atomic E-state index is 9.36. The molecule has 0 atom stereocenters. The Morgan fingerprint density at radius 3 is 2.62 bits per heavy atom. The average molecular weight is 238 g/mol. The van der Waals surface area contributed by atoms with Crippen LogP contribution in [0.25, 0.3) is 0 Å². The lowest BCUT2D eigenvalue weighted by Gasteiger charge is -2.07. The van der Waals surface area contributed by atoms with Crippen molar-refractivity contribution in [1.29, 1.82) is 0 Å². The van der Waals surface area contributed by atoms with E-state index >= 15 is 0 Å². The number of nitrogens with zero attached hydrogens (tertiary/aromatic N) is 2. The highest BCUT2D eigenvalue weighted by Crippen LogP contribution is 2.32. The molecule has 0 spiro atoms. The molecule has 6 heteroatoms. The number of anilines is 1. The van der Waals surface area contributed by atoms with Gasteiger partial charge in [-0.1, -0.05) is 17.7 Å². The molecule has 1 heterocycles. The lowest BCUT2D eigenvalue weighted by atomic mass is 10.3. The number of hydrogen-bond donors (Lipinski definition) is 2. The van der Waals surface area contributed by atoms with Crippen molar-refractivity contribution in [2.24, 2.45) is 0 Å². The Labute approximate surface area is 96.5 Å². The third kappa shape index (κ3) is 2.14. The fourth-order valence-electron chi connectivity index (χ4n) is 1.07. The van der Waals surface area contributed by atoms with Crippen molar-refractivity contribution in [2.45, 2.75) is 0 Å². The van der Waals surface area contributed by atoms with Gasteiger partial charge in [-0.05, 0) is 12.1 Å². The normalized spacial score (nSPS) is 10.1. The van der Waals surface area contributed by atoms with E-state index in [1.165, 1.54) is 18.5 Å². The summed E-state index contributed by atoms with van der Waals surface area (Å²) in [6, 6.07) is 4.79. The van der Waals surface area contributed by atoms with Crippen LogP contribution < -0.4 is 10.5 Å². The Hall–Kier alpha value is -2.01. The summed E-state index contributed by atoms with van der Waals surface area (Å²) in [6.07, 6.45) is 2.81. The summed E-state index contributed by atoms with van der Waals surface area (Å²) in [5.41, 5.74) is 5.74. The molecule has 0 aliphatic carbocycles. The van der Waals surface area contributed by atoms with E-state index in [1.54, 1.807) is 12.1 Å². The van der Waals surface area contributed by atoms with E-state index in [-0.39, 0.29) is 17.4 Å². The number of hydrogen-bond acceptors (Lipinski definition) is 5. The standard InChI is InChI=1S/C10H8ClN3O2/c11-6-4-13-10(14-5-6)16-8-3-1-2-7(15)9(8)12/h1-5,15H,12H2. The van der Waals surface area contributed by atoms with E-state index in [1.807, 2.05) is 0 Å². The first-order valence-electron chi connectivity index (χ1n) is 4.39. The van der Waals surface area contributed by atoms with Crippen LogP contribution in [0, 0.1) is 0 Å². The minimum absolute atomic E-state index is 0.0496. The smallest absolute Gasteiger partial charge is 0.322 e. The summed E-state index contributed by atoms with van der Waals surface area (Å²) in [7, 11) is 0. The maximum absolute atomic E-state index is 9.36. The van der Waals surface area contributed by atoms with E-state index in [9.17, 15) is 5.11 Å². The molecule has 0 fully saturated rings. The lowest BCUT2D eigenvalue weighted by molar-refractivity contribution is 0.435. The summed E-state index contributed by atoms with van der Waals surface area (Å²) in [5.74, 6) is 0.244. The molecule has 82 valence electrons. The van der Waals surface area contributed by atoms with Gasteiger partial charge in [0, 0.05) is 0 Å².